The second-order valence-corrected chi connectivity index (χ2v) is 4.51. The molecule has 1 aromatic heterocycles. The van der Waals surface area contributed by atoms with E-state index in [9.17, 15) is 14.9 Å². The fraction of sp³-hybridized carbons (Fsp3) is 0.143. The maximum Gasteiger partial charge on any atom is 0.328 e. The van der Waals surface area contributed by atoms with Gasteiger partial charge in [0.25, 0.3) is 5.69 Å². The highest BCUT2D eigenvalue weighted by Gasteiger charge is 2.14. The fourth-order valence-corrected chi connectivity index (χ4v) is 2.02. The van der Waals surface area contributed by atoms with Crippen LogP contribution >= 0.6 is 0 Å². The number of aryl methyl sites for hydroxylation is 2. The van der Waals surface area contributed by atoms with Crippen LogP contribution in [-0.4, -0.2) is 25.8 Å². The molecule has 108 valence electrons. The number of carboxylic acids is 1. The number of rotatable bonds is 4. The highest BCUT2D eigenvalue weighted by Crippen LogP contribution is 2.24. The number of nitrogens with zero attached hydrogens (tertiary/aromatic N) is 3. The summed E-state index contributed by atoms with van der Waals surface area (Å²) in [6.45, 7) is 3.72. The summed E-state index contributed by atoms with van der Waals surface area (Å²) in [4.78, 5) is 21.0. The third-order valence-corrected chi connectivity index (χ3v) is 2.87. The van der Waals surface area contributed by atoms with Gasteiger partial charge in [-0.2, -0.15) is 5.10 Å². The van der Waals surface area contributed by atoms with Crippen LogP contribution in [0.25, 0.3) is 11.8 Å². The third-order valence-electron chi connectivity index (χ3n) is 2.87. The number of carboxylic acid groups (broad SMARTS) is 1. The first-order chi connectivity index (χ1) is 9.88. The number of hydrogen-bond acceptors (Lipinski definition) is 4. The van der Waals surface area contributed by atoms with E-state index < -0.39 is 10.9 Å². The Labute approximate surface area is 120 Å². The van der Waals surface area contributed by atoms with Crippen molar-refractivity contribution in [3.63, 3.8) is 0 Å². The summed E-state index contributed by atoms with van der Waals surface area (Å²) in [5.41, 5.74) is 2.41. The van der Waals surface area contributed by atoms with Crippen LogP contribution < -0.4 is 0 Å². The van der Waals surface area contributed by atoms with Crippen molar-refractivity contribution in [2.24, 2.45) is 0 Å². The van der Waals surface area contributed by atoms with E-state index in [4.69, 9.17) is 5.11 Å². The zero-order valence-electron chi connectivity index (χ0n) is 11.5. The Hall–Kier alpha value is -2.96. The summed E-state index contributed by atoms with van der Waals surface area (Å²) in [7, 11) is 0. The largest absolute Gasteiger partial charge is 0.478 e. The minimum atomic E-state index is -1.17. The summed E-state index contributed by atoms with van der Waals surface area (Å²) in [6, 6.07) is 6.34. The topological polar surface area (TPSA) is 98.3 Å². The van der Waals surface area contributed by atoms with Crippen molar-refractivity contribution < 1.29 is 14.8 Å². The van der Waals surface area contributed by atoms with E-state index in [1.54, 1.807) is 10.7 Å². The van der Waals surface area contributed by atoms with Crippen molar-refractivity contribution in [3.8, 4) is 5.69 Å². The Balaban J connectivity index is 2.56. The Kier molecular flexibility index (Phi) is 3.84. The van der Waals surface area contributed by atoms with Gasteiger partial charge in [-0.05, 0) is 38.1 Å². The number of benzene rings is 1. The van der Waals surface area contributed by atoms with E-state index in [1.807, 2.05) is 19.9 Å². The van der Waals surface area contributed by atoms with Crippen LogP contribution in [-0.2, 0) is 4.79 Å². The standard InChI is InChI=1S/C14H13N3O4/c1-9-7-10(2)16(15-9)12-4-5-13(17(20)21)11(8-12)3-6-14(18)19/h3-8H,1-2H3,(H,18,19)/b6-3+. The van der Waals surface area contributed by atoms with Crippen molar-refractivity contribution in [1.82, 2.24) is 9.78 Å². The van der Waals surface area contributed by atoms with Crippen molar-refractivity contribution in [1.29, 1.82) is 0 Å². The molecule has 1 heterocycles. The molecule has 0 bridgehead atoms. The number of nitro groups is 1. The van der Waals surface area contributed by atoms with E-state index in [-0.39, 0.29) is 11.3 Å². The Morgan fingerprint density at radius 3 is 2.62 bits per heavy atom. The van der Waals surface area contributed by atoms with E-state index in [1.165, 1.54) is 18.2 Å². The molecule has 0 saturated heterocycles. The second-order valence-electron chi connectivity index (χ2n) is 4.51. The monoisotopic (exact) mass is 287 g/mol. The first kappa shape index (κ1) is 14.4. The second kappa shape index (κ2) is 5.58. The molecule has 0 aliphatic heterocycles. The van der Waals surface area contributed by atoms with Crippen LogP contribution in [0.1, 0.15) is 17.0 Å². The molecular formula is C14H13N3O4. The molecule has 0 spiro atoms. The zero-order valence-corrected chi connectivity index (χ0v) is 11.5. The predicted octanol–water partition coefficient (Wildman–Crippen LogP) is 2.50. The van der Waals surface area contributed by atoms with Crippen molar-refractivity contribution in [3.05, 3.63) is 57.4 Å². The summed E-state index contributed by atoms with van der Waals surface area (Å²) in [5, 5.41) is 23.9. The Bertz CT molecular complexity index is 747. The van der Waals surface area contributed by atoms with Crippen molar-refractivity contribution in [2.75, 3.05) is 0 Å². The lowest BCUT2D eigenvalue weighted by atomic mass is 10.1. The van der Waals surface area contributed by atoms with Gasteiger partial charge in [-0.3, -0.25) is 10.1 Å². The molecule has 0 aliphatic rings. The first-order valence-electron chi connectivity index (χ1n) is 6.11. The van der Waals surface area contributed by atoms with E-state index in [0.29, 0.717) is 5.69 Å². The van der Waals surface area contributed by atoms with Gasteiger partial charge < -0.3 is 5.11 Å². The minimum absolute atomic E-state index is 0.155. The number of aromatic nitrogens is 2. The normalized spacial score (nSPS) is 11.0. The maximum atomic E-state index is 11.0. The number of hydrogen-bond donors (Lipinski definition) is 1. The third kappa shape index (κ3) is 3.14. The lowest BCUT2D eigenvalue weighted by molar-refractivity contribution is -0.385. The number of nitro benzene ring substituents is 1. The SMILES string of the molecule is Cc1cc(C)n(-c2ccc([N+](=O)[O-])c(/C=C/C(=O)O)c2)n1. The predicted molar refractivity (Wildman–Crippen MR) is 76.4 cm³/mol. The van der Waals surface area contributed by atoms with Gasteiger partial charge in [-0.25, -0.2) is 9.48 Å². The molecule has 0 atom stereocenters. The molecule has 2 rings (SSSR count). The van der Waals surface area contributed by atoms with Crippen LogP contribution in [0.15, 0.2) is 30.3 Å². The molecule has 1 aromatic carbocycles. The fourth-order valence-electron chi connectivity index (χ4n) is 2.02. The van der Waals surface area contributed by atoms with Gasteiger partial charge in [0.15, 0.2) is 0 Å². The highest BCUT2D eigenvalue weighted by molar-refractivity contribution is 5.86. The first-order valence-corrected chi connectivity index (χ1v) is 6.11. The van der Waals surface area contributed by atoms with Crippen LogP contribution in [0.2, 0.25) is 0 Å². The summed E-state index contributed by atoms with van der Waals surface area (Å²) >= 11 is 0. The molecule has 7 heteroatoms. The molecule has 0 unspecified atom stereocenters. The van der Waals surface area contributed by atoms with Crippen molar-refractivity contribution >= 4 is 17.7 Å². The lowest BCUT2D eigenvalue weighted by Crippen LogP contribution is -2.01. The van der Waals surface area contributed by atoms with Gasteiger partial charge in [0, 0.05) is 17.8 Å². The number of carbonyl (C=O) groups is 1. The Morgan fingerprint density at radius 2 is 2.10 bits per heavy atom. The summed E-state index contributed by atoms with van der Waals surface area (Å²) in [6.07, 6.45) is 2.07. The van der Waals surface area contributed by atoms with E-state index in [2.05, 4.69) is 5.10 Å². The molecule has 0 aliphatic carbocycles. The van der Waals surface area contributed by atoms with Gasteiger partial charge >= 0.3 is 5.97 Å². The summed E-state index contributed by atoms with van der Waals surface area (Å²) < 4.78 is 1.65. The summed E-state index contributed by atoms with van der Waals surface area (Å²) in [5.74, 6) is -1.17. The quantitative estimate of drug-likeness (QED) is 0.529. The van der Waals surface area contributed by atoms with Crippen LogP contribution in [0.4, 0.5) is 5.69 Å². The zero-order chi connectivity index (χ0) is 15.6. The van der Waals surface area contributed by atoms with E-state index >= 15 is 0 Å². The molecule has 0 saturated carbocycles. The number of aliphatic carboxylic acids is 1. The highest BCUT2D eigenvalue weighted by atomic mass is 16.6. The molecule has 1 N–H and O–H groups in total. The molecule has 7 nitrogen and oxygen atoms in total. The van der Waals surface area contributed by atoms with Gasteiger partial charge in [0.1, 0.15) is 0 Å². The molecule has 2 aromatic rings. The lowest BCUT2D eigenvalue weighted by Gasteiger charge is -2.06. The molecule has 0 amide bonds. The van der Waals surface area contributed by atoms with Crippen molar-refractivity contribution in [2.45, 2.75) is 13.8 Å². The van der Waals surface area contributed by atoms with Crippen LogP contribution in [0, 0.1) is 24.0 Å². The molecule has 0 fully saturated rings. The van der Waals surface area contributed by atoms with Gasteiger partial charge in [-0.15, -0.1) is 0 Å². The molecule has 0 radical (unpaired) electrons. The smallest absolute Gasteiger partial charge is 0.328 e. The average molecular weight is 287 g/mol. The van der Waals surface area contributed by atoms with Crippen LogP contribution in [0.5, 0.6) is 0 Å². The van der Waals surface area contributed by atoms with Gasteiger partial charge in [0.2, 0.25) is 0 Å². The average Bonchev–Trinajstić information content (AvgIpc) is 2.74. The van der Waals surface area contributed by atoms with Gasteiger partial charge in [0.05, 0.1) is 21.9 Å². The Morgan fingerprint density at radius 1 is 1.38 bits per heavy atom. The minimum Gasteiger partial charge on any atom is -0.478 e. The maximum absolute atomic E-state index is 11.0. The van der Waals surface area contributed by atoms with Gasteiger partial charge in [-0.1, -0.05) is 0 Å². The molecular weight excluding hydrogens is 274 g/mol. The molecule has 21 heavy (non-hydrogen) atoms. The van der Waals surface area contributed by atoms with Crippen LogP contribution in [0.3, 0.4) is 0 Å². The van der Waals surface area contributed by atoms with E-state index in [0.717, 1.165) is 17.5 Å².